The number of hydrogen-bond donors (Lipinski definition) is 0. The standard InChI is InChI=1S/C19H13F3N2O/c1-12-16(11-23-24(12)15-8-6-14(20)7-9-15)18(25)10-5-13-3-2-4-17(21)19(13)22/h2-11H,1H3. The lowest BCUT2D eigenvalue weighted by molar-refractivity contribution is 0.104. The van der Waals surface area contributed by atoms with Gasteiger partial charge in [0, 0.05) is 5.56 Å². The molecule has 0 amide bonds. The SMILES string of the molecule is Cc1c(C(=O)C=Cc2cccc(F)c2F)cnn1-c1ccc(F)cc1. The van der Waals surface area contributed by atoms with Gasteiger partial charge in [-0.15, -0.1) is 0 Å². The average molecular weight is 342 g/mol. The molecule has 6 heteroatoms. The van der Waals surface area contributed by atoms with E-state index < -0.39 is 17.4 Å². The third-order valence-electron chi connectivity index (χ3n) is 3.74. The first-order valence-electron chi connectivity index (χ1n) is 7.44. The van der Waals surface area contributed by atoms with Crippen LogP contribution in [0.1, 0.15) is 21.6 Å². The first-order valence-corrected chi connectivity index (χ1v) is 7.44. The van der Waals surface area contributed by atoms with Crippen LogP contribution < -0.4 is 0 Å². The number of allylic oxidation sites excluding steroid dienone is 1. The van der Waals surface area contributed by atoms with Crippen LogP contribution in [0.3, 0.4) is 0 Å². The van der Waals surface area contributed by atoms with E-state index in [0.717, 1.165) is 12.1 Å². The molecule has 0 spiro atoms. The molecule has 0 aliphatic rings. The largest absolute Gasteiger partial charge is 0.289 e. The molecule has 0 N–H and O–H groups in total. The van der Waals surface area contributed by atoms with Crippen LogP contribution in [0.25, 0.3) is 11.8 Å². The Morgan fingerprint density at radius 2 is 1.80 bits per heavy atom. The quantitative estimate of drug-likeness (QED) is 0.517. The summed E-state index contributed by atoms with van der Waals surface area (Å²) in [4.78, 5) is 12.3. The highest BCUT2D eigenvalue weighted by atomic mass is 19.2. The summed E-state index contributed by atoms with van der Waals surface area (Å²) in [5.41, 5.74) is 1.47. The van der Waals surface area contributed by atoms with E-state index in [4.69, 9.17) is 0 Å². The Labute approximate surface area is 142 Å². The van der Waals surface area contributed by atoms with Crippen molar-refractivity contribution in [1.82, 2.24) is 9.78 Å². The van der Waals surface area contributed by atoms with Crippen LogP contribution in [0.4, 0.5) is 13.2 Å². The summed E-state index contributed by atoms with van der Waals surface area (Å²) in [5, 5.41) is 4.13. The maximum Gasteiger partial charge on any atom is 0.189 e. The average Bonchev–Trinajstić information content (AvgIpc) is 2.98. The highest BCUT2D eigenvalue weighted by Crippen LogP contribution is 2.17. The number of aromatic nitrogens is 2. The molecule has 0 aliphatic heterocycles. The van der Waals surface area contributed by atoms with Gasteiger partial charge in [0.05, 0.1) is 23.1 Å². The summed E-state index contributed by atoms with van der Waals surface area (Å²) in [6.45, 7) is 1.69. The molecular weight excluding hydrogens is 329 g/mol. The molecule has 0 saturated carbocycles. The maximum atomic E-state index is 13.6. The zero-order valence-corrected chi connectivity index (χ0v) is 13.2. The number of hydrogen-bond acceptors (Lipinski definition) is 2. The van der Waals surface area contributed by atoms with Crippen LogP contribution in [-0.2, 0) is 0 Å². The molecule has 0 radical (unpaired) electrons. The minimum absolute atomic E-state index is 0.0167. The summed E-state index contributed by atoms with van der Waals surface area (Å²) in [6.07, 6.45) is 3.76. The Hall–Kier alpha value is -3.15. The molecule has 0 bridgehead atoms. The van der Waals surface area contributed by atoms with Crippen molar-refractivity contribution in [3.63, 3.8) is 0 Å². The van der Waals surface area contributed by atoms with Crippen LogP contribution in [0.2, 0.25) is 0 Å². The van der Waals surface area contributed by atoms with Gasteiger partial charge in [0.15, 0.2) is 17.4 Å². The smallest absolute Gasteiger partial charge is 0.189 e. The van der Waals surface area contributed by atoms with E-state index in [0.29, 0.717) is 16.9 Å². The van der Waals surface area contributed by atoms with Crippen molar-refractivity contribution in [2.45, 2.75) is 6.92 Å². The van der Waals surface area contributed by atoms with E-state index in [1.165, 1.54) is 41.2 Å². The molecule has 3 rings (SSSR count). The molecule has 0 atom stereocenters. The fraction of sp³-hybridized carbons (Fsp3) is 0.0526. The monoisotopic (exact) mass is 342 g/mol. The van der Waals surface area contributed by atoms with E-state index in [9.17, 15) is 18.0 Å². The van der Waals surface area contributed by atoms with E-state index in [-0.39, 0.29) is 11.4 Å². The van der Waals surface area contributed by atoms with Crippen molar-refractivity contribution in [1.29, 1.82) is 0 Å². The second-order valence-corrected chi connectivity index (χ2v) is 5.37. The predicted octanol–water partition coefficient (Wildman–Crippen LogP) is 4.49. The van der Waals surface area contributed by atoms with Gasteiger partial charge in [0.2, 0.25) is 0 Å². The van der Waals surface area contributed by atoms with Gasteiger partial charge in [0.25, 0.3) is 0 Å². The Morgan fingerprint density at radius 3 is 2.52 bits per heavy atom. The minimum atomic E-state index is -1.01. The third-order valence-corrected chi connectivity index (χ3v) is 3.74. The molecule has 25 heavy (non-hydrogen) atoms. The number of carbonyl (C=O) groups is 1. The van der Waals surface area contributed by atoms with Crippen LogP contribution in [0, 0.1) is 24.4 Å². The number of ketones is 1. The lowest BCUT2D eigenvalue weighted by atomic mass is 10.1. The van der Waals surface area contributed by atoms with Crippen LogP contribution in [-0.4, -0.2) is 15.6 Å². The fourth-order valence-corrected chi connectivity index (χ4v) is 2.40. The number of halogens is 3. The van der Waals surface area contributed by atoms with Crippen molar-refractivity contribution < 1.29 is 18.0 Å². The summed E-state index contributed by atoms with van der Waals surface area (Å²) in [6, 6.07) is 9.42. The van der Waals surface area contributed by atoms with Crippen LogP contribution in [0.15, 0.2) is 54.7 Å². The summed E-state index contributed by atoms with van der Waals surface area (Å²) in [7, 11) is 0. The molecule has 0 fully saturated rings. The molecule has 2 aromatic carbocycles. The lowest BCUT2D eigenvalue weighted by Gasteiger charge is -2.04. The molecular formula is C19H13F3N2O. The minimum Gasteiger partial charge on any atom is -0.289 e. The zero-order chi connectivity index (χ0) is 18.0. The summed E-state index contributed by atoms with van der Waals surface area (Å²) < 4.78 is 41.3. The van der Waals surface area contributed by atoms with Crippen molar-refractivity contribution >= 4 is 11.9 Å². The third kappa shape index (κ3) is 3.38. The highest BCUT2D eigenvalue weighted by molar-refractivity contribution is 6.07. The predicted molar refractivity (Wildman–Crippen MR) is 88.0 cm³/mol. The van der Waals surface area contributed by atoms with Gasteiger partial charge in [-0.25, -0.2) is 17.9 Å². The molecule has 1 heterocycles. The summed E-state index contributed by atoms with van der Waals surface area (Å²) >= 11 is 0. The second kappa shape index (κ2) is 6.76. The number of carbonyl (C=O) groups excluding carboxylic acids is 1. The number of rotatable bonds is 4. The zero-order valence-electron chi connectivity index (χ0n) is 13.2. The Morgan fingerprint density at radius 1 is 1.08 bits per heavy atom. The van der Waals surface area contributed by atoms with Crippen molar-refractivity contribution in [3.05, 3.63) is 89.0 Å². The van der Waals surface area contributed by atoms with Crippen LogP contribution in [0.5, 0.6) is 0 Å². The lowest BCUT2D eigenvalue weighted by Crippen LogP contribution is -2.02. The molecule has 0 unspecified atom stereocenters. The van der Waals surface area contributed by atoms with Gasteiger partial charge < -0.3 is 0 Å². The van der Waals surface area contributed by atoms with Gasteiger partial charge in [0.1, 0.15) is 5.82 Å². The van der Waals surface area contributed by atoms with E-state index in [1.807, 2.05) is 0 Å². The highest BCUT2D eigenvalue weighted by Gasteiger charge is 2.13. The molecule has 0 saturated heterocycles. The molecule has 3 nitrogen and oxygen atoms in total. The second-order valence-electron chi connectivity index (χ2n) is 5.37. The van der Waals surface area contributed by atoms with Gasteiger partial charge in [-0.1, -0.05) is 12.1 Å². The Bertz CT molecular complexity index is 959. The van der Waals surface area contributed by atoms with Crippen molar-refractivity contribution in [3.8, 4) is 5.69 Å². The Kier molecular flexibility index (Phi) is 4.52. The van der Waals surface area contributed by atoms with Crippen molar-refractivity contribution in [2.24, 2.45) is 0 Å². The maximum absolute atomic E-state index is 13.6. The van der Waals surface area contributed by atoms with Gasteiger partial charge in [-0.2, -0.15) is 5.10 Å². The van der Waals surface area contributed by atoms with E-state index in [1.54, 1.807) is 19.1 Å². The molecule has 126 valence electrons. The van der Waals surface area contributed by atoms with Gasteiger partial charge in [-0.3, -0.25) is 4.79 Å². The normalized spacial score (nSPS) is 11.2. The molecule has 0 aliphatic carbocycles. The summed E-state index contributed by atoms with van der Waals surface area (Å²) in [5.74, 6) is -2.75. The topological polar surface area (TPSA) is 34.9 Å². The van der Waals surface area contributed by atoms with E-state index in [2.05, 4.69) is 5.10 Å². The number of nitrogens with zero attached hydrogens (tertiary/aromatic N) is 2. The Balaban J connectivity index is 1.87. The molecule has 1 aromatic heterocycles. The first-order chi connectivity index (χ1) is 12.0. The van der Waals surface area contributed by atoms with Gasteiger partial charge in [-0.05, 0) is 49.4 Å². The van der Waals surface area contributed by atoms with Crippen molar-refractivity contribution in [2.75, 3.05) is 0 Å². The van der Waals surface area contributed by atoms with Gasteiger partial charge >= 0.3 is 0 Å². The number of benzene rings is 2. The van der Waals surface area contributed by atoms with Crippen LogP contribution >= 0.6 is 0 Å². The first kappa shape index (κ1) is 16.7. The fourth-order valence-electron chi connectivity index (χ4n) is 2.40. The van der Waals surface area contributed by atoms with E-state index >= 15 is 0 Å². The molecule has 3 aromatic rings.